The van der Waals surface area contributed by atoms with E-state index in [0.29, 0.717) is 11.5 Å². The lowest BCUT2D eigenvalue weighted by atomic mass is 9.87. The molecule has 0 aliphatic carbocycles. The first-order chi connectivity index (χ1) is 7.81. The summed E-state index contributed by atoms with van der Waals surface area (Å²) < 4.78 is 5.32. The molecule has 1 atom stereocenters. The lowest BCUT2D eigenvalue weighted by Crippen LogP contribution is -2.27. The smallest absolute Gasteiger partial charge is 0.0991 e. The molecule has 0 amide bonds. The largest absolute Gasteiger partial charge is 0.381 e. The highest BCUT2D eigenvalue weighted by Gasteiger charge is 2.21. The van der Waals surface area contributed by atoms with Gasteiger partial charge in [-0.1, -0.05) is 12.1 Å². The van der Waals surface area contributed by atoms with Gasteiger partial charge in [0.25, 0.3) is 0 Å². The maximum absolute atomic E-state index is 8.72. The average Bonchev–Trinajstić information content (AvgIpc) is 2.39. The van der Waals surface area contributed by atoms with Crippen LogP contribution < -0.4 is 5.73 Å². The number of hydrogen-bond donors (Lipinski definition) is 1. The molecule has 3 heteroatoms. The number of ether oxygens (including phenoxy) is 1. The van der Waals surface area contributed by atoms with Gasteiger partial charge in [0.2, 0.25) is 0 Å². The van der Waals surface area contributed by atoms with Crippen LogP contribution in [0.3, 0.4) is 0 Å². The van der Waals surface area contributed by atoms with Gasteiger partial charge < -0.3 is 10.5 Å². The third-order valence-electron chi connectivity index (χ3n) is 3.20. The van der Waals surface area contributed by atoms with Crippen LogP contribution in [0.5, 0.6) is 0 Å². The van der Waals surface area contributed by atoms with Crippen LogP contribution in [-0.4, -0.2) is 13.2 Å². The van der Waals surface area contributed by atoms with E-state index in [-0.39, 0.29) is 6.04 Å². The van der Waals surface area contributed by atoms with Crippen molar-refractivity contribution in [3.63, 3.8) is 0 Å². The van der Waals surface area contributed by atoms with Crippen molar-refractivity contribution in [3.8, 4) is 6.07 Å². The number of nitriles is 1. The molecule has 84 valence electrons. The van der Waals surface area contributed by atoms with Crippen molar-refractivity contribution < 1.29 is 4.74 Å². The van der Waals surface area contributed by atoms with Gasteiger partial charge in [-0.05, 0) is 36.5 Å². The molecule has 0 aromatic heterocycles. The van der Waals surface area contributed by atoms with Crippen LogP contribution in [0.25, 0.3) is 0 Å². The van der Waals surface area contributed by atoms with Gasteiger partial charge in [0.15, 0.2) is 0 Å². The van der Waals surface area contributed by atoms with E-state index < -0.39 is 0 Å². The zero-order valence-corrected chi connectivity index (χ0v) is 9.23. The Kier molecular flexibility index (Phi) is 3.55. The zero-order valence-electron chi connectivity index (χ0n) is 9.23. The van der Waals surface area contributed by atoms with Gasteiger partial charge in [-0.2, -0.15) is 5.26 Å². The summed E-state index contributed by atoms with van der Waals surface area (Å²) in [7, 11) is 0. The van der Waals surface area contributed by atoms with Crippen molar-refractivity contribution in [3.05, 3.63) is 35.4 Å². The van der Waals surface area contributed by atoms with Crippen LogP contribution in [0.2, 0.25) is 0 Å². The maximum Gasteiger partial charge on any atom is 0.0991 e. The Balaban J connectivity index is 2.07. The highest BCUT2D eigenvalue weighted by molar-refractivity contribution is 5.33. The van der Waals surface area contributed by atoms with Gasteiger partial charge >= 0.3 is 0 Å². The van der Waals surface area contributed by atoms with E-state index in [2.05, 4.69) is 6.07 Å². The minimum absolute atomic E-state index is 0.0663. The van der Waals surface area contributed by atoms with E-state index in [1.807, 2.05) is 24.3 Å². The van der Waals surface area contributed by atoms with E-state index in [1.54, 1.807) is 0 Å². The first-order valence-corrected chi connectivity index (χ1v) is 5.64. The first kappa shape index (κ1) is 11.1. The molecule has 0 saturated carbocycles. The zero-order chi connectivity index (χ0) is 11.4. The molecule has 1 heterocycles. The molecule has 16 heavy (non-hydrogen) atoms. The van der Waals surface area contributed by atoms with Crippen molar-refractivity contribution >= 4 is 0 Å². The summed E-state index contributed by atoms with van der Waals surface area (Å²) in [6.07, 6.45) is 2.06. The molecule has 1 aliphatic rings. The Morgan fingerprint density at radius 3 is 2.44 bits per heavy atom. The normalized spacial score (nSPS) is 19.0. The summed E-state index contributed by atoms with van der Waals surface area (Å²) in [4.78, 5) is 0. The predicted octanol–water partition coefficient (Wildman–Crippen LogP) is 1.98. The van der Waals surface area contributed by atoms with Gasteiger partial charge in [-0.25, -0.2) is 0 Å². The number of hydrogen-bond acceptors (Lipinski definition) is 3. The fraction of sp³-hybridized carbons (Fsp3) is 0.462. The lowest BCUT2D eigenvalue weighted by molar-refractivity contribution is 0.0584. The number of nitrogens with zero attached hydrogens (tertiary/aromatic N) is 1. The molecular formula is C13H16N2O. The van der Waals surface area contributed by atoms with Gasteiger partial charge in [-0.3, -0.25) is 0 Å². The van der Waals surface area contributed by atoms with E-state index in [4.69, 9.17) is 15.7 Å². The van der Waals surface area contributed by atoms with Crippen molar-refractivity contribution in [1.82, 2.24) is 0 Å². The molecule has 1 saturated heterocycles. The van der Waals surface area contributed by atoms with E-state index in [9.17, 15) is 0 Å². The van der Waals surface area contributed by atoms with Crippen LogP contribution in [0.4, 0.5) is 0 Å². The lowest BCUT2D eigenvalue weighted by Gasteiger charge is -2.27. The highest BCUT2D eigenvalue weighted by atomic mass is 16.5. The standard InChI is InChI=1S/C13H16N2O/c14-9-10-1-3-11(4-2-10)13(15)12-5-7-16-8-6-12/h1-4,12-13H,5-8,15H2/t13-/m1/s1. The Morgan fingerprint density at radius 2 is 1.88 bits per heavy atom. The number of nitrogens with two attached hydrogens (primary N) is 1. The van der Waals surface area contributed by atoms with Gasteiger partial charge in [0.05, 0.1) is 11.6 Å². The monoisotopic (exact) mass is 216 g/mol. The van der Waals surface area contributed by atoms with Crippen molar-refractivity contribution in [2.75, 3.05) is 13.2 Å². The fourth-order valence-electron chi connectivity index (χ4n) is 2.13. The molecule has 1 aromatic carbocycles. The van der Waals surface area contributed by atoms with Crippen LogP contribution in [-0.2, 0) is 4.74 Å². The van der Waals surface area contributed by atoms with Crippen LogP contribution in [0.1, 0.15) is 30.0 Å². The Labute approximate surface area is 95.8 Å². The third kappa shape index (κ3) is 2.41. The molecular weight excluding hydrogens is 200 g/mol. The SMILES string of the molecule is N#Cc1ccc([C@@H](N)C2CCOCC2)cc1. The highest BCUT2D eigenvalue weighted by Crippen LogP contribution is 2.27. The minimum Gasteiger partial charge on any atom is -0.381 e. The first-order valence-electron chi connectivity index (χ1n) is 5.64. The second-order valence-corrected chi connectivity index (χ2v) is 4.21. The molecule has 0 spiro atoms. The Bertz CT molecular complexity index is 374. The van der Waals surface area contributed by atoms with Gasteiger partial charge in [-0.15, -0.1) is 0 Å². The molecule has 2 N–H and O–H groups in total. The summed E-state index contributed by atoms with van der Waals surface area (Å²) in [6, 6.07) is 9.75. The molecule has 0 radical (unpaired) electrons. The number of rotatable bonds is 2. The maximum atomic E-state index is 8.72. The topological polar surface area (TPSA) is 59.0 Å². The molecule has 1 fully saturated rings. The van der Waals surface area contributed by atoms with E-state index in [0.717, 1.165) is 31.6 Å². The average molecular weight is 216 g/mol. The summed E-state index contributed by atoms with van der Waals surface area (Å²) in [6.45, 7) is 1.63. The Hall–Kier alpha value is -1.37. The van der Waals surface area contributed by atoms with Crippen molar-refractivity contribution in [2.45, 2.75) is 18.9 Å². The molecule has 3 nitrogen and oxygen atoms in total. The van der Waals surface area contributed by atoms with Gasteiger partial charge in [0, 0.05) is 19.3 Å². The second-order valence-electron chi connectivity index (χ2n) is 4.21. The molecule has 1 aliphatic heterocycles. The molecule has 0 bridgehead atoms. The van der Waals surface area contributed by atoms with Crippen LogP contribution >= 0.6 is 0 Å². The van der Waals surface area contributed by atoms with E-state index >= 15 is 0 Å². The summed E-state index contributed by atoms with van der Waals surface area (Å²) >= 11 is 0. The summed E-state index contributed by atoms with van der Waals surface area (Å²) in [5.41, 5.74) is 8.02. The molecule has 1 aromatic rings. The number of benzene rings is 1. The summed E-state index contributed by atoms with van der Waals surface area (Å²) in [5, 5.41) is 8.72. The van der Waals surface area contributed by atoms with Gasteiger partial charge in [0.1, 0.15) is 0 Å². The van der Waals surface area contributed by atoms with Crippen molar-refractivity contribution in [1.29, 1.82) is 5.26 Å². The van der Waals surface area contributed by atoms with Crippen LogP contribution in [0.15, 0.2) is 24.3 Å². The minimum atomic E-state index is 0.0663. The van der Waals surface area contributed by atoms with Crippen molar-refractivity contribution in [2.24, 2.45) is 11.7 Å². The van der Waals surface area contributed by atoms with E-state index in [1.165, 1.54) is 0 Å². The predicted molar refractivity (Wildman–Crippen MR) is 61.6 cm³/mol. The molecule has 0 unspecified atom stereocenters. The quantitative estimate of drug-likeness (QED) is 0.822. The fourth-order valence-corrected chi connectivity index (χ4v) is 2.13. The van der Waals surface area contributed by atoms with Crippen LogP contribution in [0, 0.1) is 17.2 Å². The Morgan fingerprint density at radius 1 is 1.25 bits per heavy atom. The third-order valence-corrected chi connectivity index (χ3v) is 3.20. The summed E-state index contributed by atoms with van der Waals surface area (Å²) in [5.74, 6) is 0.502. The second kappa shape index (κ2) is 5.11. The molecule has 2 rings (SSSR count).